The maximum Gasteiger partial charge on any atom is 0.278 e. The van der Waals surface area contributed by atoms with E-state index < -0.39 is 0 Å². The minimum absolute atomic E-state index is 0.409. The van der Waals surface area contributed by atoms with Gasteiger partial charge in [0.1, 0.15) is 0 Å². The maximum absolute atomic E-state index is 5.79. The zero-order valence-electron chi connectivity index (χ0n) is 8.92. The zero-order valence-corrected chi connectivity index (χ0v) is 8.92. The molecule has 1 aliphatic rings. The van der Waals surface area contributed by atoms with Crippen molar-refractivity contribution in [2.75, 3.05) is 5.73 Å². The summed E-state index contributed by atoms with van der Waals surface area (Å²) in [5, 5.41) is 3.96. The van der Waals surface area contributed by atoms with Gasteiger partial charge in [0.05, 0.1) is 5.69 Å². The van der Waals surface area contributed by atoms with Crippen molar-refractivity contribution in [3.63, 3.8) is 0 Å². The molecule has 0 amide bonds. The normalized spacial score (nSPS) is 23.3. The summed E-state index contributed by atoms with van der Waals surface area (Å²) in [6.45, 7) is 2.18. The van der Waals surface area contributed by atoms with Crippen molar-refractivity contribution in [2.45, 2.75) is 19.3 Å². The molecule has 1 aliphatic carbocycles. The molecule has 0 spiro atoms. The van der Waals surface area contributed by atoms with Crippen LogP contribution in [0.5, 0.6) is 0 Å². The van der Waals surface area contributed by atoms with E-state index in [1.54, 1.807) is 18.3 Å². The fourth-order valence-corrected chi connectivity index (χ4v) is 1.76. The van der Waals surface area contributed by atoms with Gasteiger partial charge in [-0.25, -0.2) is 4.98 Å². The van der Waals surface area contributed by atoms with Crippen LogP contribution in [0.25, 0.3) is 11.6 Å². The van der Waals surface area contributed by atoms with Crippen LogP contribution in [0.15, 0.2) is 22.9 Å². The molecule has 16 heavy (non-hydrogen) atoms. The Bertz CT molecular complexity index is 522. The first-order valence-electron chi connectivity index (χ1n) is 5.30. The number of nitrogens with zero attached hydrogens (tertiary/aromatic N) is 3. The van der Waals surface area contributed by atoms with Crippen molar-refractivity contribution in [2.24, 2.45) is 5.92 Å². The van der Waals surface area contributed by atoms with Crippen molar-refractivity contribution < 1.29 is 4.52 Å². The molecule has 82 valence electrons. The van der Waals surface area contributed by atoms with E-state index in [4.69, 9.17) is 10.3 Å². The smallest absolute Gasteiger partial charge is 0.278 e. The predicted molar refractivity (Wildman–Crippen MR) is 58.5 cm³/mol. The summed E-state index contributed by atoms with van der Waals surface area (Å²) in [6, 6.07) is 3.55. The minimum atomic E-state index is 0.409. The van der Waals surface area contributed by atoms with Gasteiger partial charge in [0, 0.05) is 12.1 Å². The largest absolute Gasteiger partial charge is 0.397 e. The topological polar surface area (TPSA) is 77.8 Å². The summed E-state index contributed by atoms with van der Waals surface area (Å²) >= 11 is 0. The van der Waals surface area contributed by atoms with Gasteiger partial charge in [0.25, 0.3) is 5.89 Å². The van der Waals surface area contributed by atoms with E-state index >= 15 is 0 Å². The third kappa shape index (κ3) is 1.44. The van der Waals surface area contributed by atoms with E-state index in [9.17, 15) is 0 Å². The second-order valence-corrected chi connectivity index (χ2v) is 4.22. The SMILES string of the molecule is CC1CC1c1noc(-c2ncccc2N)n1. The molecule has 2 heterocycles. The van der Waals surface area contributed by atoms with E-state index in [2.05, 4.69) is 22.0 Å². The van der Waals surface area contributed by atoms with Gasteiger partial charge in [-0.1, -0.05) is 12.1 Å². The monoisotopic (exact) mass is 216 g/mol. The lowest BCUT2D eigenvalue weighted by molar-refractivity contribution is 0.421. The second-order valence-electron chi connectivity index (χ2n) is 4.22. The van der Waals surface area contributed by atoms with E-state index in [1.165, 1.54) is 0 Å². The molecule has 1 saturated carbocycles. The Hall–Kier alpha value is -1.91. The first-order valence-corrected chi connectivity index (χ1v) is 5.30. The number of pyridine rings is 1. The first kappa shape index (κ1) is 9.33. The number of anilines is 1. The molecule has 3 rings (SSSR count). The van der Waals surface area contributed by atoms with Gasteiger partial charge in [0.2, 0.25) is 0 Å². The predicted octanol–water partition coefficient (Wildman–Crippen LogP) is 1.84. The molecular weight excluding hydrogens is 204 g/mol. The van der Waals surface area contributed by atoms with Crippen LogP contribution in [0, 0.1) is 5.92 Å². The molecule has 0 saturated heterocycles. The van der Waals surface area contributed by atoms with Gasteiger partial charge < -0.3 is 10.3 Å². The molecule has 2 N–H and O–H groups in total. The van der Waals surface area contributed by atoms with Crippen molar-refractivity contribution in [3.8, 4) is 11.6 Å². The Balaban J connectivity index is 1.95. The van der Waals surface area contributed by atoms with E-state index in [1.807, 2.05) is 0 Å². The minimum Gasteiger partial charge on any atom is -0.397 e. The molecule has 2 atom stereocenters. The summed E-state index contributed by atoms with van der Waals surface area (Å²) in [4.78, 5) is 8.47. The molecule has 1 fully saturated rings. The van der Waals surface area contributed by atoms with Crippen LogP contribution < -0.4 is 5.73 Å². The number of hydrogen-bond donors (Lipinski definition) is 1. The molecule has 2 aromatic rings. The van der Waals surface area contributed by atoms with Crippen molar-refractivity contribution in [3.05, 3.63) is 24.2 Å². The Morgan fingerprint density at radius 2 is 2.31 bits per heavy atom. The molecule has 2 aromatic heterocycles. The summed E-state index contributed by atoms with van der Waals surface area (Å²) in [5.74, 6) is 2.29. The van der Waals surface area contributed by atoms with Gasteiger partial charge in [-0.3, -0.25) is 0 Å². The third-order valence-electron chi connectivity index (χ3n) is 2.92. The number of aromatic nitrogens is 3. The first-order chi connectivity index (χ1) is 7.75. The lowest BCUT2D eigenvalue weighted by atomic mass is 10.3. The van der Waals surface area contributed by atoms with Crippen LogP contribution in [0.4, 0.5) is 5.69 Å². The van der Waals surface area contributed by atoms with Gasteiger partial charge in [-0.15, -0.1) is 0 Å². The Kier molecular flexibility index (Phi) is 1.92. The number of nitrogens with two attached hydrogens (primary N) is 1. The highest BCUT2D eigenvalue weighted by atomic mass is 16.5. The number of hydrogen-bond acceptors (Lipinski definition) is 5. The van der Waals surface area contributed by atoms with Crippen molar-refractivity contribution in [1.29, 1.82) is 0 Å². The maximum atomic E-state index is 5.79. The van der Waals surface area contributed by atoms with Crippen molar-refractivity contribution in [1.82, 2.24) is 15.1 Å². The van der Waals surface area contributed by atoms with Crippen LogP contribution in [0.2, 0.25) is 0 Å². The quantitative estimate of drug-likeness (QED) is 0.828. The molecule has 5 heteroatoms. The lowest BCUT2D eigenvalue weighted by Crippen LogP contribution is -1.92. The zero-order chi connectivity index (χ0) is 11.1. The highest BCUT2D eigenvalue weighted by Gasteiger charge is 2.38. The number of nitrogen functional groups attached to an aromatic ring is 1. The molecule has 0 aliphatic heterocycles. The van der Waals surface area contributed by atoms with Gasteiger partial charge in [-0.05, 0) is 24.5 Å². The lowest BCUT2D eigenvalue weighted by Gasteiger charge is -1.96. The Morgan fingerprint density at radius 3 is 3.00 bits per heavy atom. The average Bonchev–Trinajstić information content (AvgIpc) is 2.82. The Morgan fingerprint density at radius 1 is 1.50 bits per heavy atom. The fraction of sp³-hybridized carbons (Fsp3) is 0.364. The molecule has 0 aromatic carbocycles. The average molecular weight is 216 g/mol. The molecule has 0 bridgehead atoms. The molecule has 5 nitrogen and oxygen atoms in total. The number of rotatable bonds is 2. The van der Waals surface area contributed by atoms with Crippen molar-refractivity contribution >= 4 is 5.69 Å². The van der Waals surface area contributed by atoms with Crippen LogP contribution in [0.1, 0.15) is 25.1 Å². The highest BCUT2D eigenvalue weighted by molar-refractivity contribution is 5.65. The van der Waals surface area contributed by atoms with Crippen LogP contribution >= 0.6 is 0 Å². The summed E-state index contributed by atoms with van der Waals surface area (Å²) < 4.78 is 5.18. The fourth-order valence-electron chi connectivity index (χ4n) is 1.76. The Labute approximate surface area is 92.7 Å². The van der Waals surface area contributed by atoms with Crippen LogP contribution in [-0.2, 0) is 0 Å². The van der Waals surface area contributed by atoms with E-state index in [0.29, 0.717) is 29.1 Å². The molecule has 2 unspecified atom stereocenters. The summed E-state index contributed by atoms with van der Waals surface area (Å²) in [6.07, 6.45) is 2.80. The second kappa shape index (κ2) is 3.30. The standard InChI is InChI=1S/C11H12N4O/c1-6-5-7(6)10-14-11(16-15-10)9-8(12)3-2-4-13-9/h2-4,6-7H,5,12H2,1H3. The van der Waals surface area contributed by atoms with Gasteiger partial charge in [-0.2, -0.15) is 4.98 Å². The summed E-state index contributed by atoms with van der Waals surface area (Å²) in [5.41, 5.74) is 6.91. The summed E-state index contributed by atoms with van der Waals surface area (Å²) in [7, 11) is 0. The van der Waals surface area contributed by atoms with Crippen LogP contribution in [0.3, 0.4) is 0 Å². The molecule has 0 radical (unpaired) electrons. The van der Waals surface area contributed by atoms with E-state index in [-0.39, 0.29) is 0 Å². The van der Waals surface area contributed by atoms with Gasteiger partial charge in [0.15, 0.2) is 11.5 Å². The van der Waals surface area contributed by atoms with Gasteiger partial charge >= 0.3 is 0 Å². The third-order valence-corrected chi connectivity index (χ3v) is 2.92. The highest BCUT2D eigenvalue weighted by Crippen LogP contribution is 2.45. The van der Waals surface area contributed by atoms with E-state index in [0.717, 1.165) is 12.2 Å². The van der Waals surface area contributed by atoms with Crippen LogP contribution in [-0.4, -0.2) is 15.1 Å². The molecular formula is C11H12N4O.